The number of anilines is 1. The normalized spacial score (nSPS) is 10.7. The fourth-order valence-corrected chi connectivity index (χ4v) is 2.46. The molecule has 1 rings (SSSR count). The minimum Gasteiger partial charge on any atom is -0.332 e. The van der Waals surface area contributed by atoms with Crippen LogP contribution in [-0.4, -0.2) is 55.3 Å². The molecule has 0 heterocycles. The van der Waals surface area contributed by atoms with Crippen LogP contribution in [0.1, 0.15) is 18.1 Å². The van der Waals surface area contributed by atoms with Crippen LogP contribution in [0.15, 0.2) is 12.1 Å². The first kappa shape index (κ1) is 18.5. The number of amides is 2. The van der Waals surface area contributed by atoms with E-state index in [1.807, 2.05) is 38.9 Å². The number of nitrogens with one attached hydrogen (secondary N) is 1. The Morgan fingerprint density at radius 2 is 1.82 bits per heavy atom. The Kier molecular flexibility index (Phi) is 6.84. The topological polar surface area (TPSA) is 52.7 Å². The van der Waals surface area contributed by atoms with Gasteiger partial charge in [0.15, 0.2) is 0 Å². The molecule has 122 valence electrons. The molecule has 0 radical (unpaired) electrons. The SMILES string of the molecule is CC(=O)N(CCN(C)C)CC(=O)Nc1c(C)cc(C)cc1Cl. The summed E-state index contributed by atoms with van der Waals surface area (Å²) in [5.74, 6) is -0.369. The number of likely N-dealkylation sites (N-methyl/N-ethyl adjacent to an activating group) is 1. The maximum absolute atomic E-state index is 12.2. The van der Waals surface area contributed by atoms with Crippen molar-refractivity contribution in [3.63, 3.8) is 0 Å². The van der Waals surface area contributed by atoms with Crippen LogP contribution in [0.25, 0.3) is 0 Å². The summed E-state index contributed by atoms with van der Waals surface area (Å²) in [6.45, 7) is 6.54. The van der Waals surface area contributed by atoms with Crippen molar-refractivity contribution < 1.29 is 9.59 Å². The summed E-state index contributed by atoms with van der Waals surface area (Å²) >= 11 is 6.18. The van der Waals surface area contributed by atoms with Gasteiger partial charge in [-0.15, -0.1) is 0 Å². The third-order valence-electron chi connectivity index (χ3n) is 3.29. The molecule has 0 bridgehead atoms. The molecule has 0 aliphatic rings. The quantitative estimate of drug-likeness (QED) is 0.873. The first-order chi connectivity index (χ1) is 10.2. The van der Waals surface area contributed by atoms with Gasteiger partial charge in [-0.05, 0) is 45.1 Å². The highest BCUT2D eigenvalue weighted by Crippen LogP contribution is 2.27. The van der Waals surface area contributed by atoms with Crippen LogP contribution in [0.2, 0.25) is 5.02 Å². The zero-order valence-corrected chi connectivity index (χ0v) is 14.6. The maximum atomic E-state index is 12.2. The Hall–Kier alpha value is -1.59. The van der Waals surface area contributed by atoms with E-state index in [1.54, 1.807) is 6.07 Å². The molecule has 5 nitrogen and oxygen atoms in total. The van der Waals surface area contributed by atoms with E-state index in [0.29, 0.717) is 23.8 Å². The van der Waals surface area contributed by atoms with Crippen molar-refractivity contribution in [2.45, 2.75) is 20.8 Å². The molecule has 0 saturated carbocycles. The molecule has 0 aliphatic heterocycles. The molecule has 1 aromatic rings. The Labute approximate surface area is 137 Å². The summed E-state index contributed by atoms with van der Waals surface area (Å²) < 4.78 is 0. The fraction of sp³-hybridized carbons (Fsp3) is 0.500. The third-order valence-corrected chi connectivity index (χ3v) is 3.59. The fourth-order valence-electron chi connectivity index (χ4n) is 2.09. The Morgan fingerprint density at radius 1 is 1.18 bits per heavy atom. The summed E-state index contributed by atoms with van der Waals surface area (Å²) in [5, 5.41) is 3.31. The summed E-state index contributed by atoms with van der Waals surface area (Å²) in [6.07, 6.45) is 0. The van der Waals surface area contributed by atoms with E-state index in [9.17, 15) is 9.59 Å². The van der Waals surface area contributed by atoms with Crippen LogP contribution in [0.3, 0.4) is 0 Å². The number of benzene rings is 1. The van der Waals surface area contributed by atoms with Gasteiger partial charge in [0.1, 0.15) is 0 Å². The lowest BCUT2D eigenvalue weighted by molar-refractivity contribution is -0.132. The lowest BCUT2D eigenvalue weighted by Crippen LogP contribution is -2.40. The molecule has 0 fully saturated rings. The number of rotatable bonds is 6. The monoisotopic (exact) mass is 325 g/mol. The molecule has 0 saturated heterocycles. The maximum Gasteiger partial charge on any atom is 0.244 e. The number of hydrogen-bond donors (Lipinski definition) is 1. The minimum atomic E-state index is -0.247. The number of hydrogen-bond acceptors (Lipinski definition) is 3. The molecule has 0 spiro atoms. The van der Waals surface area contributed by atoms with Crippen molar-refractivity contribution in [2.24, 2.45) is 0 Å². The first-order valence-corrected chi connectivity index (χ1v) is 7.55. The molecule has 0 aliphatic carbocycles. The van der Waals surface area contributed by atoms with E-state index in [2.05, 4.69) is 5.32 Å². The van der Waals surface area contributed by atoms with Crippen molar-refractivity contribution in [3.05, 3.63) is 28.3 Å². The lowest BCUT2D eigenvalue weighted by Gasteiger charge is -2.23. The molecular weight excluding hydrogens is 302 g/mol. The second-order valence-electron chi connectivity index (χ2n) is 5.73. The number of halogens is 1. The number of nitrogens with zero attached hydrogens (tertiary/aromatic N) is 2. The van der Waals surface area contributed by atoms with Crippen molar-refractivity contribution in [1.29, 1.82) is 0 Å². The zero-order valence-electron chi connectivity index (χ0n) is 13.9. The van der Waals surface area contributed by atoms with E-state index in [1.165, 1.54) is 11.8 Å². The molecule has 0 aromatic heterocycles. The molecule has 0 unspecified atom stereocenters. The Balaban J connectivity index is 2.74. The van der Waals surface area contributed by atoms with Crippen LogP contribution in [0.5, 0.6) is 0 Å². The second-order valence-corrected chi connectivity index (χ2v) is 6.14. The Morgan fingerprint density at radius 3 is 2.32 bits per heavy atom. The van der Waals surface area contributed by atoms with Gasteiger partial charge in [0.05, 0.1) is 17.3 Å². The summed E-state index contributed by atoms with van der Waals surface area (Å²) in [5.41, 5.74) is 2.55. The Bertz CT molecular complexity index is 535. The average Bonchev–Trinajstić information content (AvgIpc) is 2.38. The number of carbonyl (C=O) groups is 2. The minimum absolute atomic E-state index is 0.0207. The van der Waals surface area contributed by atoms with Gasteiger partial charge in [-0.2, -0.15) is 0 Å². The predicted octanol–water partition coefficient (Wildman–Crippen LogP) is 2.31. The highest BCUT2D eigenvalue weighted by atomic mass is 35.5. The smallest absolute Gasteiger partial charge is 0.244 e. The number of aryl methyl sites for hydroxylation is 2. The van der Waals surface area contributed by atoms with Crippen LogP contribution < -0.4 is 5.32 Å². The van der Waals surface area contributed by atoms with Crippen LogP contribution in [0.4, 0.5) is 5.69 Å². The van der Waals surface area contributed by atoms with Gasteiger partial charge in [-0.3, -0.25) is 9.59 Å². The van der Waals surface area contributed by atoms with Gasteiger partial charge in [0.25, 0.3) is 0 Å². The van der Waals surface area contributed by atoms with E-state index >= 15 is 0 Å². The van der Waals surface area contributed by atoms with Crippen LogP contribution >= 0.6 is 11.6 Å². The van der Waals surface area contributed by atoms with Gasteiger partial charge in [0, 0.05) is 20.0 Å². The highest BCUT2D eigenvalue weighted by molar-refractivity contribution is 6.34. The zero-order chi connectivity index (χ0) is 16.9. The summed E-state index contributed by atoms with van der Waals surface area (Å²) in [7, 11) is 3.85. The second kappa shape index (κ2) is 8.15. The van der Waals surface area contributed by atoms with Crippen LogP contribution in [-0.2, 0) is 9.59 Å². The number of carbonyl (C=O) groups excluding carboxylic acids is 2. The van der Waals surface area contributed by atoms with Crippen molar-refractivity contribution in [1.82, 2.24) is 9.80 Å². The highest BCUT2D eigenvalue weighted by Gasteiger charge is 2.15. The molecule has 6 heteroatoms. The standard InChI is InChI=1S/C16H24ClN3O2/c1-11-8-12(2)16(14(17)9-11)18-15(22)10-20(13(3)21)7-6-19(4)5/h8-9H,6-7,10H2,1-5H3,(H,18,22). The molecule has 2 amide bonds. The summed E-state index contributed by atoms with van der Waals surface area (Å²) in [4.78, 5) is 27.3. The molecule has 1 N–H and O–H groups in total. The van der Waals surface area contributed by atoms with Gasteiger partial charge in [0.2, 0.25) is 11.8 Å². The predicted molar refractivity (Wildman–Crippen MR) is 90.4 cm³/mol. The van der Waals surface area contributed by atoms with E-state index in [0.717, 1.165) is 11.1 Å². The van der Waals surface area contributed by atoms with Crippen molar-refractivity contribution >= 4 is 29.1 Å². The molecule has 1 aromatic carbocycles. The molecule has 0 atom stereocenters. The largest absolute Gasteiger partial charge is 0.332 e. The van der Waals surface area contributed by atoms with E-state index < -0.39 is 0 Å². The van der Waals surface area contributed by atoms with Gasteiger partial charge in [-0.25, -0.2) is 0 Å². The third kappa shape index (κ3) is 5.66. The van der Waals surface area contributed by atoms with Gasteiger partial charge >= 0.3 is 0 Å². The first-order valence-electron chi connectivity index (χ1n) is 7.17. The summed E-state index contributed by atoms with van der Waals surface area (Å²) in [6, 6.07) is 3.76. The van der Waals surface area contributed by atoms with Crippen molar-refractivity contribution in [3.8, 4) is 0 Å². The lowest BCUT2D eigenvalue weighted by atomic mass is 10.1. The van der Waals surface area contributed by atoms with E-state index in [-0.39, 0.29) is 18.4 Å². The molecular formula is C16H24ClN3O2. The van der Waals surface area contributed by atoms with Gasteiger partial charge in [-0.1, -0.05) is 17.7 Å². The van der Waals surface area contributed by atoms with Crippen molar-refractivity contribution in [2.75, 3.05) is 39.0 Å². The van der Waals surface area contributed by atoms with Gasteiger partial charge < -0.3 is 15.1 Å². The average molecular weight is 326 g/mol. The van der Waals surface area contributed by atoms with E-state index in [4.69, 9.17) is 11.6 Å². The molecule has 22 heavy (non-hydrogen) atoms. The van der Waals surface area contributed by atoms with Crippen LogP contribution in [0, 0.1) is 13.8 Å².